The lowest BCUT2D eigenvalue weighted by molar-refractivity contribution is -0.131. The van der Waals surface area contributed by atoms with Gasteiger partial charge in [0.15, 0.2) is 17.3 Å². The van der Waals surface area contributed by atoms with Crippen LogP contribution in [0.5, 0.6) is 0 Å². The minimum absolute atomic E-state index is 0.0461. The van der Waals surface area contributed by atoms with Crippen molar-refractivity contribution in [1.29, 1.82) is 0 Å². The maximum atomic E-state index is 12.4. The van der Waals surface area contributed by atoms with Crippen molar-refractivity contribution in [1.82, 2.24) is 0 Å². The first kappa shape index (κ1) is 23.6. The quantitative estimate of drug-likeness (QED) is 0.465. The van der Waals surface area contributed by atoms with Crippen LogP contribution in [-0.2, 0) is 9.59 Å². The monoisotopic (exact) mass is 468 g/mol. The van der Waals surface area contributed by atoms with E-state index in [4.69, 9.17) is 0 Å². The molecular formula is C31H32O4. The number of rotatable bonds is 0. The maximum Gasteiger partial charge on any atom is 0.189 e. The van der Waals surface area contributed by atoms with Crippen LogP contribution in [0.4, 0.5) is 0 Å². The summed E-state index contributed by atoms with van der Waals surface area (Å²) in [5.41, 5.74) is 3.64. The van der Waals surface area contributed by atoms with Crippen molar-refractivity contribution in [3.63, 3.8) is 0 Å². The minimum Gasteiger partial charge on any atom is -0.299 e. The Bertz CT molecular complexity index is 1270. The van der Waals surface area contributed by atoms with Crippen molar-refractivity contribution < 1.29 is 19.2 Å². The Balaban J connectivity index is 0.000000166. The summed E-state index contributed by atoms with van der Waals surface area (Å²) in [6.45, 7) is 10.4. The summed E-state index contributed by atoms with van der Waals surface area (Å²) in [5, 5.41) is 0. The number of benzene rings is 1. The Hall–Kier alpha value is -3.14. The van der Waals surface area contributed by atoms with Gasteiger partial charge >= 0.3 is 0 Å². The van der Waals surface area contributed by atoms with Crippen molar-refractivity contribution in [3.8, 4) is 0 Å². The summed E-state index contributed by atoms with van der Waals surface area (Å²) in [5.74, 6) is 2.02. The highest BCUT2D eigenvalue weighted by atomic mass is 16.1. The minimum atomic E-state index is -0.104. The molecule has 3 fully saturated rings. The van der Waals surface area contributed by atoms with Crippen LogP contribution in [0.15, 0.2) is 71.9 Å². The average Bonchev–Trinajstić information content (AvgIpc) is 3.14. The van der Waals surface area contributed by atoms with Crippen LogP contribution in [0.1, 0.15) is 73.6 Å². The molecule has 5 aliphatic rings. The summed E-state index contributed by atoms with van der Waals surface area (Å²) in [6.07, 6.45) is 11.9. The Morgan fingerprint density at radius 1 is 0.943 bits per heavy atom. The molecule has 0 aromatic heterocycles. The fourth-order valence-electron chi connectivity index (χ4n) is 7.43. The summed E-state index contributed by atoms with van der Waals surface area (Å²) in [4.78, 5) is 47.1. The lowest BCUT2D eigenvalue weighted by Crippen LogP contribution is -2.50. The summed E-state index contributed by atoms with van der Waals surface area (Å²) >= 11 is 0. The Labute approximate surface area is 206 Å². The number of carbonyl (C=O) groups excluding carboxylic acids is 4. The predicted molar refractivity (Wildman–Crippen MR) is 135 cm³/mol. The Morgan fingerprint density at radius 3 is 2.40 bits per heavy atom. The van der Waals surface area contributed by atoms with E-state index >= 15 is 0 Å². The fraction of sp³-hybridized carbons (Fsp3) is 0.419. The fourth-order valence-corrected chi connectivity index (χ4v) is 7.43. The normalized spacial score (nSPS) is 35.2. The van der Waals surface area contributed by atoms with Gasteiger partial charge < -0.3 is 0 Å². The van der Waals surface area contributed by atoms with Crippen molar-refractivity contribution in [2.24, 2.45) is 28.6 Å². The van der Waals surface area contributed by atoms with Gasteiger partial charge in [0.25, 0.3) is 0 Å². The third kappa shape index (κ3) is 3.57. The number of hydrogen-bond acceptors (Lipinski definition) is 4. The van der Waals surface area contributed by atoms with E-state index in [9.17, 15) is 19.2 Å². The van der Waals surface area contributed by atoms with Gasteiger partial charge in [0.1, 0.15) is 5.78 Å². The van der Waals surface area contributed by atoms with E-state index in [-0.39, 0.29) is 28.2 Å². The van der Waals surface area contributed by atoms with E-state index in [1.54, 1.807) is 43.3 Å². The first-order valence-electron chi connectivity index (χ1n) is 12.6. The molecule has 5 atom stereocenters. The zero-order chi connectivity index (χ0) is 25.1. The van der Waals surface area contributed by atoms with E-state index in [1.165, 1.54) is 6.08 Å². The van der Waals surface area contributed by atoms with Crippen LogP contribution < -0.4 is 0 Å². The molecule has 0 radical (unpaired) electrons. The van der Waals surface area contributed by atoms with Gasteiger partial charge in [-0.3, -0.25) is 19.2 Å². The molecule has 5 aliphatic carbocycles. The summed E-state index contributed by atoms with van der Waals surface area (Å²) in [6, 6.07) is 6.89. The van der Waals surface area contributed by atoms with Gasteiger partial charge in [0, 0.05) is 34.0 Å². The van der Waals surface area contributed by atoms with E-state index < -0.39 is 0 Å². The van der Waals surface area contributed by atoms with Gasteiger partial charge in [-0.25, -0.2) is 0 Å². The molecule has 4 nitrogen and oxygen atoms in total. The highest BCUT2D eigenvalue weighted by Crippen LogP contribution is 2.64. The van der Waals surface area contributed by atoms with Crippen LogP contribution in [0.3, 0.4) is 0 Å². The van der Waals surface area contributed by atoms with E-state index in [0.29, 0.717) is 40.2 Å². The third-order valence-electron chi connectivity index (χ3n) is 9.38. The van der Waals surface area contributed by atoms with Gasteiger partial charge in [0.05, 0.1) is 0 Å². The molecule has 0 spiro atoms. The van der Waals surface area contributed by atoms with Crippen LogP contribution in [0.2, 0.25) is 0 Å². The third-order valence-corrected chi connectivity index (χ3v) is 9.38. The number of Topliss-reactive ketones (excluding diaryl/α,β-unsaturated/α-hetero) is 2. The molecule has 1 aromatic carbocycles. The second kappa shape index (κ2) is 8.22. The molecule has 4 heteroatoms. The van der Waals surface area contributed by atoms with Crippen molar-refractivity contribution in [2.75, 3.05) is 0 Å². The average molecular weight is 469 g/mol. The van der Waals surface area contributed by atoms with E-state index in [1.807, 2.05) is 0 Å². The summed E-state index contributed by atoms with van der Waals surface area (Å²) in [7, 11) is 0. The molecular weight excluding hydrogens is 436 g/mol. The zero-order valence-corrected chi connectivity index (χ0v) is 20.7. The summed E-state index contributed by atoms with van der Waals surface area (Å²) < 4.78 is 0. The number of hydrogen-bond donors (Lipinski definition) is 0. The van der Waals surface area contributed by atoms with Crippen LogP contribution >= 0.6 is 0 Å². The SMILES string of the molecule is C=C1C[C@@H]2[C@H](CC[C@]3(C)C(=O)CC[C@@H]23)[C@@]2(C)C=CC(=O)C=C12.CC1=CC(=O)c2ccccc2C1=O. The Kier molecular flexibility index (Phi) is 5.54. The molecule has 0 saturated heterocycles. The standard InChI is InChI=1S/C20H24O2.C11H8O2/c1-12-10-14-15-4-5-18(22)20(15,3)9-7-16(14)19(2)8-6-13(21)11-17(12)19;1-7-6-10(12)8-4-2-3-5-9(8)11(7)13/h6,8,11,14-16H,1,4-5,7,9-10H2,2-3H3;2-6H,1H3/t14-,15-,16-,19+,20-;/m0./s1. The van der Waals surface area contributed by atoms with Crippen molar-refractivity contribution in [2.45, 2.75) is 52.9 Å². The van der Waals surface area contributed by atoms with Gasteiger partial charge in [-0.2, -0.15) is 0 Å². The number of ketones is 4. The number of carbonyl (C=O) groups is 4. The van der Waals surface area contributed by atoms with Gasteiger partial charge in [-0.15, -0.1) is 0 Å². The molecule has 0 amide bonds. The first-order valence-corrected chi connectivity index (χ1v) is 12.6. The van der Waals surface area contributed by atoms with Crippen molar-refractivity contribution >= 4 is 23.1 Å². The highest BCUT2D eigenvalue weighted by molar-refractivity contribution is 6.24. The molecule has 0 aliphatic heterocycles. The molecule has 0 N–H and O–H groups in total. The van der Waals surface area contributed by atoms with E-state index in [0.717, 1.165) is 43.3 Å². The molecule has 3 saturated carbocycles. The highest BCUT2D eigenvalue weighted by Gasteiger charge is 2.59. The number of fused-ring (bicyclic) bond motifs is 6. The molecule has 6 rings (SSSR count). The lowest BCUT2D eigenvalue weighted by Gasteiger charge is -2.56. The second-order valence-corrected chi connectivity index (χ2v) is 11.2. The van der Waals surface area contributed by atoms with Crippen LogP contribution in [0.25, 0.3) is 0 Å². The molecule has 1 aromatic rings. The second-order valence-electron chi connectivity index (χ2n) is 11.2. The molecule has 35 heavy (non-hydrogen) atoms. The predicted octanol–water partition coefficient (Wildman–Crippen LogP) is 6.04. The first-order chi connectivity index (χ1) is 16.6. The molecule has 180 valence electrons. The zero-order valence-electron chi connectivity index (χ0n) is 20.7. The van der Waals surface area contributed by atoms with Gasteiger partial charge in [-0.05, 0) is 74.2 Å². The largest absolute Gasteiger partial charge is 0.299 e. The van der Waals surface area contributed by atoms with Gasteiger partial charge in [0.2, 0.25) is 0 Å². The molecule has 0 bridgehead atoms. The van der Waals surface area contributed by atoms with Crippen LogP contribution in [0, 0.1) is 28.6 Å². The van der Waals surface area contributed by atoms with Crippen molar-refractivity contribution in [3.05, 3.63) is 83.0 Å². The van der Waals surface area contributed by atoms with Crippen LogP contribution in [-0.4, -0.2) is 23.1 Å². The maximum absolute atomic E-state index is 12.4. The molecule has 0 unspecified atom stereocenters. The Morgan fingerprint density at radius 2 is 1.66 bits per heavy atom. The molecule has 0 heterocycles. The van der Waals surface area contributed by atoms with Gasteiger partial charge in [-0.1, -0.05) is 56.3 Å². The van der Waals surface area contributed by atoms with E-state index in [2.05, 4.69) is 26.5 Å². The lowest BCUT2D eigenvalue weighted by atomic mass is 9.48. The number of allylic oxidation sites excluding steroid dienone is 7. The topological polar surface area (TPSA) is 68.3 Å². The smallest absolute Gasteiger partial charge is 0.189 e.